The molecule has 18 heteroatoms. The van der Waals surface area contributed by atoms with E-state index >= 15 is 0 Å². The second kappa shape index (κ2) is 11.7. The van der Waals surface area contributed by atoms with Gasteiger partial charge in [0.2, 0.25) is 0 Å². The van der Waals surface area contributed by atoms with Crippen molar-refractivity contribution < 1.29 is 47.7 Å². The van der Waals surface area contributed by atoms with Gasteiger partial charge < -0.3 is 25.1 Å². The minimum absolute atomic E-state index is 0.133. The molecule has 7 atom stereocenters. The Labute approximate surface area is 263 Å². The number of carboxylic acids is 3. The number of β-lactam (4-membered cyclic amide) rings is 1. The Kier molecular flexibility index (Phi) is 8.52. The van der Waals surface area contributed by atoms with Gasteiger partial charge in [-0.15, -0.1) is 16.9 Å². The molecule has 4 aliphatic heterocycles. The van der Waals surface area contributed by atoms with E-state index in [0.717, 1.165) is 24.0 Å². The number of carbonyl (C=O) groups excluding carboxylic acids is 2. The Balaban J connectivity index is 0.000000178. The van der Waals surface area contributed by atoms with Gasteiger partial charge in [-0.25, -0.2) is 18.0 Å². The standard InChI is InChI=1S/C15H23N3O3S.C12H13N3O7S/c1-15(2)11(14(20)21)18-12(19)10(13(18)22-15)16-9-17-7-5-3-4-6-8-17;1-12(4-15-3-5(10(17)18)13-14-15)9(11(19)20)8-6(16)2-7(8)23(12,21)22/h9-11,13H,3-8H2,1-2H3,(H,20,21);3,7-9H,2,4H2,1H3,(H,17,18)(H,19,20)/t10-,11+,13-;7?,8?,9-,12-/m10/s1. The number of rotatable bonds is 7. The number of carbonyl (C=O) groups is 5. The summed E-state index contributed by atoms with van der Waals surface area (Å²) in [4.78, 5) is 66.0. The topological polar surface area (TPSA) is 230 Å². The highest BCUT2D eigenvalue weighted by Crippen LogP contribution is 2.54. The van der Waals surface area contributed by atoms with Crippen LogP contribution in [-0.2, 0) is 35.6 Å². The van der Waals surface area contributed by atoms with Crippen LogP contribution in [0.3, 0.4) is 0 Å². The third kappa shape index (κ3) is 5.48. The number of ketones is 1. The summed E-state index contributed by atoms with van der Waals surface area (Å²) in [6.45, 7) is 6.64. The number of thioether (sulfide) groups is 1. The van der Waals surface area contributed by atoms with Crippen molar-refractivity contribution in [2.75, 3.05) is 13.1 Å². The van der Waals surface area contributed by atoms with E-state index in [-0.39, 0.29) is 35.7 Å². The monoisotopic (exact) mass is 668 g/mol. The molecule has 2 unspecified atom stereocenters. The molecule has 3 N–H and O–H groups in total. The van der Waals surface area contributed by atoms with Crippen LogP contribution in [-0.4, -0.2) is 130 Å². The summed E-state index contributed by atoms with van der Waals surface area (Å²) in [5.41, 5.74) is -0.380. The first-order chi connectivity index (χ1) is 21.0. The van der Waals surface area contributed by atoms with Gasteiger partial charge in [0.25, 0.3) is 5.91 Å². The maximum absolute atomic E-state index is 12.7. The Morgan fingerprint density at radius 2 is 1.71 bits per heavy atom. The Morgan fingerprint density at radius 1 is 1.07 bits per heavy atom. The molecule has 246 valence electrons. The van der Waals surface area contributed by atoms with Crippen LogP contribution in [0.1, 0.15) is 63.4 Å². The predicted octanol–water partition coefficient (Wildman–Crippen LogP) is 0.228. The molecule has 4 saturated heterocycles. The van der Waals surface area contributed by atoms with E-state index in [4.69, 9.17) is 5.11 Å². The third-order valence-electron chi connectivity index (χ3n) is 9.42. The lowest BCUT2D eigenvalue weighted by Gasteiger charge is -2.41. The summed E-state index contributed by atoms with van der Waals surface area (Å²) >= 11 is 1.55. The number of hydrogen-bond acceptors (Lipinski definition) is 11. The van der Waals surface area contributed by atoms with Crippen LogP contribution in [0.15, 0.2) is 11.2 Å². The van der Waals surface area contributed by atoms with E-state index in [0.29, 0.717) is 0 Å². The predicted molar refractivity (Wildman–Crippen MR) is 158 cm³/mol. The second-order valence-electron chi connectivity index (χ2n) is 12.8. The minimum Gasteiger partial charge on any atom is -0.481 e. The number of likely N-dealkylation sites (tertiary alicyclic amines) is 1. The van der Waals surface area contributed by atoms with Crippen molar-refractivity contribution in [2.24, 2.45) is 16.8 Å². The summed E-state index contributed by atoms with van der Waals surface area (Å²) in [7, 11) is -3.90. The third-order valence-corrected chi connectivity index (χ3v) is 13.9. The second-order valence-corrected chi connectivity index (χ2v) is 17.2. The van der Waals surface area contributed by atoms with Gasteiger partial charge in [0, 0.05) is 30.2 Å². The zero-order valence-corrected chi connectivity index (χ0v) is 26.6. The molecule has 0 bridgehead atoms. The average molecular weight is 669 g/mol. The Hall–Kier alpha value is -3.54. The van der Waals surface area contributed by atoms with Gasteiger partial charge in [-0.05, 0) is 33.6 Å². The van der Waals surface area contributed by atoms with E-state index in [1.54, 1.807) is 11.8 Å². The number of aromatic nitrogens is 3. The van der Waals surface area contributed by atoms with Crippen LogP contribution in [0, 0.1) is 11.8 Å². The van der Waals surface area contributed by atoms with E-state index in [1.165, 1.54) is 37.5 Å². The lowest BCUT2D eigenvalue weighted by Crippen LogP contribution is -2.65. The first-order valence-electron chi connectivity index (χ1n) is 14.6. The van der Waals surface area contributed by atoms with Gasteiger partial charge in [0.1, 0.15) is 21.9 Å². The van der Waals surface area contributed by atoms with Gasteiger partial charge in [0.15, 0.2) is 21.6 Å². The van der Waals surface area contributed by atoms with Crippen LogP contribution in [0.5, 0.6) is 0 Å². The molecule has 0 radical (unpaired) electrons. The first-order valence-corrected chi connectivity index (χ1v) is 17.1. The molecule has 0 aromatic carbocycles. The SMILES string of the molecule is CC1(C)S[C@@H]2[C@H](N=CN3CCCCCC3)C(=O)N2[C@H]1C(=O)O.C[C@]1(Cn2cc(C(=O)O)nn2)[C@H](C(=O)O)C2C(=O)CC2S1(=O)=O. The summed E-state index contributed by atoms with van der Waals surface area (Å²) in [5, 5.41) is 33.4. The highest BCUT2D eigenvalue weighted by atomic mass is 32.2. The van der Waals surface area contributed by atoms with Crippen LogP contribution in [0.25, 0.3) is 0 Å². The number of nitrogens with zero attached hydrogens (tertiary/aromatic N) is 6. The summed E-state index contributed by atoms with van der Waals surface area (Å²) in [6, 6.07) is -1.17. The highest BCUT2D eigenvalue weighted by Gasteiger charge is 2.71. The van der Waals surface area contributed by atoms with Gasteiger partial charge >= 0.3 is 17.9 Å². The smallest absolute Gasteiger partial charge is 0.358 e. The molecule has 0 spiro atoms. The largest absolute Gasteiger partial charge is 0.481 e. The fourth-order valence-corrected chi connectivity index (χ4v) is 11.3. The van der Waals surface area contributed by atoms with Crippen LogP contribution >= 0.6 is 11.8 Å². The summed E-state index contributed by atoms with van der Waals surface area (Å²) < 4.78 is 24.1. The van der Waals surface area contributed by atoms with Crippen LogP contribution in [0.2, 0.25) is 0 Å². The number of aliphatic imine (C=N–C) groups is 1. The van der Waals surface area contributed by atoms with Crippen molar-refractivity contribution in [1.82, 2.24) is 24.8 Å². The molecule has 6 rings (SSSR count). The molecule has 5 aliphatic rings. The fourth-order valence-electron chi connectivity index (χ4n) is 7.02. The minimum atomic E-state index is -3.90. The van der Waals surface area contributed by atoms with Crippen LogP contribution < -0.4 is 0 Å². The first kappa shape index (κ1) is 32.8. The van der Waals surface area contributed by atoms with Gasteiger partial charge in [-0.3, -0.25) is 24.1 Å². The van der Waals surface area contributed by atoms with Crippen LogP contribution in [0.4, 0.5) is 0 Å². The van der Waals surface area contributed by atoms with E-state index in [9.17, 15) is 42.6 Å². The molecular formula is C27H36N6O10S2. The lowest BCUT2D eigenvalue weighted by molar-refractivity contribution is -0.158. The summed E-state index contributed by atoms with van der Waals surface area (Å²) in [6.07, 6.45) is 7.52. The van der Waals surface area contributed by atoms with E-state index in [2.05, 4.69) is 20.2 Å². The van der Waals surface area contributed by atoms with Crippen molar-refractivity contribution in [3.8, 4) is 0 Å². The molecule has 16 nitrogen and oxygen atoms in total. The zero-order chi connectivity index (χ0) is 33.1. The number of hydrogen-bond donors (Lipinski definition) is 3. The quantitative estimate of drug-likeness (QED) is 0.201. The van der Waals surface area contributed by atoms with E-state index in [1.807, 2.05) is 20.2 Å². The van der Waals surface area contributed by atoms with Gasteiger partial charge in [0.05, 0.1) is 30.2 Å². The van der Waals surface area contributed by atoms with Crippen molar-refractivity contribution in [2.45, 2.75) is 91.6 Å². The van der Waals surface area contributed by atoms with E-state index < -0.39 is 66.4 Å². The Bertz CT molecular complexity index is 1550. The molecular weight excluding hydrogens is 632 g/mol. The molecule has 5 heterocycles. The molecule has 5 fully saturated rings. The zero-order valence-electron chi connectivity index (χ0n) is 25.0. The number of sulfone groups is 1. The average Bonchev–Trinajstić information content (AvgIpc) is 3.44. The van der Waals surface area contributed by atoms with Crippen molar-refractivity contribution in [1.29, 1.82) is 0 Å². The maximum Gasteiger partial charge on any atom is 0.358 e. The fraction of sp³-hybridized carbons (Fsp3) is 0.704. The molecule has 45 heavy (non-hydrogen) atoms. The molecule has 1 saturated carbocycles. The Morgan fingerprint density at radius 3 is 2.24 bits per heavy atom. The van der Waals surface area contributed by atoms with Gasteiger partial charge in [-0.1, -0.05) is 18.1 Å². The summed E-state index contributed by atoms with van der Waals surface area (Å²) in [5.74, 6) is -6.60. The van der Waals surface area contributed by atoms with Crippen molar-refractivity contribution in [3.05, 3.63) is 11.9 Å². The molecule has 1 amide bonds. The number of Topliss-reactive ketones (excluding diaryl/α,β-unsaturated/α-hetero) is 1. The number of amides is 1. The number of aliphatic carboxylic acids is 2. The highest BCUT2D eigenvalue weighted by molar-refractivity contribution is 8.01. The lowest BCUT2D eigenvalue weighted by atomic mass is 9.70. The number of aromatic carboxylic acids is 1. The number of fused-ring (bicyclic) bond motifs is 2. The normalized spacial score (nSPS) is 34.6. The molecule has 1 aromatic heterocycles. The molecule has 1 aliphatic carbocycles. The van der Waals surface area contributed by atoms with Crippen molar-refractivity contribution >= 4 is 57.5 Å². The number of carboxylic acid groups (broad SMARTS) is 3. The molecule has 1 aromatic rings. The maximum atomic E-state index is 12.7. The van der Waals surface area contributed by atoms with Crippen molar-refractivity contribution in [3.63, 3.8) is 0 Å². The van der Waals surface area contributed by atoms with Gasteiger partial charge in [-0.2, -0.15) is 0 Å².